The molecule has 1 heterocycles. The van der Waals surface area contributed by atoms with Crippen LogP contribution in [0.5, 0.6) is 0 Å². The predicted molar refractivity (Wildman–Crippen MR) is 123 cm³/mol. The minimum atomic E-state index is 0.726. The van der Waals surface area contributed by atoms with Crippen LogP contribution in [0.3, 0.4) is 0 Å². The van der Waals surface area contributed by atoms with Crippen LogP contribution < -0.4 is 0 Å². The average molecular weight is 380 g/mol. The van der Waals surface area contributed by atoms with Gasteiger partial charge in [-0.1, -0.05) is 86.0 Å². The normalized spacial score (nSPS) is 16.1. The Labute approximate surface area is 174 Å². The lowest BCUT2D eigenvalue weighted by molar-refractivity contribution is 0.443. The largest absolute Gasteiger partial charge is 0.288 e. The minimum Gasteiger partial charge on any atom is -0.288 e. The van der Waals surface area contributed by atoms with E-state index < -0.39 is 0 Å². The van der Waals surface area contributed by atoms with Crippen LogP contribution in [0.1, 0.15) is 65.8 Å². The van der Waals surface area contributed by atoms with E-state index in [9.17, 15) is 0 Å². The van der Waals surface area contributed by atoms with Gasteiger partial charge in [-0.05, 0) is 65.0 Å². The molecule has 146 valence electrons. The maximum Gasteiger partial charge on any atom is 0.0646 e. The van der Waals surface area contributed by atoms with Gasteiger partial charge in [-0.2, -0.15) is 0 Å². The van der Waals surface area contributed by atoms with Crippen molar-refractivity contribution < 1.29 is 0 Å². The standard InChI is InChI=1S/C28H29N/c1-3-8-21(9-4-1)14-15-22-16-25(23-10-5-2-6-11-23)18-26(17-22)27-13-7-12-24-19-29-20-28(24)27/h1,3-4,7-9,12-13,16-18,20,23H,2,5-6,10-11,14-15,19H2. The van der Waals surface area contributed by atoms with Gasteiger partial charge >= 0.3 is 0 Å². The molecule has 0 unspecified atom stereocenters. The second-order valence-electron chi connectivity index (χ2n) is 8.63. The van der Waals surface area contributed by atoms with Crippen molar-refractivity contribution in [3.8, 4) is 11.1 Å². The number of nitrogens with zero attached hydrogens (tertiary/aromatic N) is 1. The summed E-state index contributed by atoms with van der Waals surface area (Å²) >= 11 is 0. The number of hydrogen-bond donors (Lipinski definition) is 0. The maximum atomic E-state index is 4.52. The van der Waals surface area contributed by atoms with Crippen LogP contribution in [0, 0.1) is 0 Å². The molecule has 1 aliphatic carbocycles. The molecule has 0 N–H and O–H groups in total. The van der Waals surface area contributed by atoms with E-state index in [-0.39, 0.29) is 0 Å². The van der Waals surface area contributed by atoms with Gasteiger partial charge in [0.25, 0.3) is 0 Å². The fraction of sp³-hybridized carbons (Fsp3) is 0.321. The number of hydrogen-bond acceptors (Lipinski definition) is 1. The molecule has 0 spiro atoms. The molecule has 0 radical (unpaired) electrons. The fourth-order valence-corrected chi connectivity index (χ4v) is 5.01. The summed E-state index contributed by atoms with van der Waals surface area (Å²) in [7, 11) is 0. The minimum absolute atomic E-state index is 0.726. The average Bonchev–Trinajstić information content (AvgIpc) is 3.28. The third-order valence-electron chi connectivity index (χ3n) is 6.63. The van der Waals surface area contributed by atoms with E-state index in [1.807, 2.05) is 0 Å². The Morgan fingerprint density at radius 1 is 0.759 bits per heavy atom. The molecule has 1 fully saturated rings. The third kappa shape index (κ3) is 4.05. The summed E-state index contributed by atoms with van der Waals surface area (Å²) < 4.78 is 0. The molecule has 0 atom stereocenters. The summed E-state index contributed by atoms with van der Waals surface area (Å²) in [6.07, 6.45) is 11.1. The molecule has 2 aliphatic rings. The molecule has 1 heteroatoms. The highest BCUT2D eigenvalue weighted by Gasteiger charge is 2.19. The lowest BCUT2D eigenvalue weighted by Gasteiger charge is -2.23. The van der Waals surface area contributed by atoms with E-state index in [4.69, 9.17) is 0 Å². The van der Waals surface area contributed by atoms with Crippen molar-refractivity contribution in [2.45, 2.75) is 57.4 Å². The first-order valence-electron chi connectivity index (χ1n) is 11.2. The second kappa shape index (κ2) is 8.37. The molecule has 0 amide bonds. The monoisotopic (exact) mass is 379 g/mol. The number of aliphatic imine (C=N–C) groups is 1. The van der Waals surface area contributed by atoms with Gasteiger partial charge in [0.15, 0.2) is 0 Å². The van der Waals surface area contributed by atoms with Crippen molar-refractivity contribution in [2.75, 3.05) is 0 Å². The van der Waals surface area contributed by atoms with Crippen LogP contribution in [0.2, 0.25) is 0 Å². The summed E-state index contributed by atoms with van der Waals surface area (Å²) in [5.41, 5.74) is 9.85. The summed E-state index contributed by atoms with van der Waals surface area (Å²) in [5, 5.41) is 0. The summed E-state index contributed by atoms with van der Waals surface area (Å²) in [5.74, 6) is 0.726. The summed E-state index contributed by atoms with van der Waals surface area (Å²) in [6, 6.07) is 25.0. The Morgan fingerprint density at radius 2 is 1.59 bits per heavy atom. The van der Waals surface area contributed by atoms with Crippen molar-refractivity contribution in [3.63, 3.8) is 0 Å². The van der Waals surface area contributed by atoms with Crippen molar-refractivity contribution in [1.82, 2.24) is 0 Å². The van der Waals surface area contributed by atoms with Crippen LogP contribution in [0.4, 0.5) is 0 Å². The van der Waals surface area contributed by atoms with E-state index in [0.29, 0.717) is 0 Å². The Bertz CT molecular complexity index is 1010. The first-order chi connectivity index (χ1) is 14.4. The van der Waals surface area contributed by atoms with Gasteiger partial charge in [0, 0.05) is 11.8 Å². The van der Waals surface area contributed by atoms with Gasteiger partial charge in [-0.3, -0.25) is 4.99 Å². The zero-order chi connectivity index (χ0) is 19.5. The van der Waals surface area contributed by atoms with Gasteiger partial charge in [0.2, 0.25) is 0 Å². The smallest absolute Gasteiger partial charge is 0.0646 e. The van der Waals surface area contributed by atoms with E-state index >= 15 is 0 Å². The highest BCUT2D eigenvalue weighted by Crippen LogP contribution is 2.37. The molecule has 3 aromatic carbocycles. The van der Waals surface area contributed by atoms with Crippen molar-refractivity contribution in [1.29, 1.82) is 0 Å². The Morgan fingerprint density at radius 3 is 2.45 bits per heavy atom. The quantitative estimate of drug-likeness (QED) is 0.447. The van der Waals surface area contributed by atoms with Crippen LogP contribution in [-0.4, -0.2) is 6.21 Å². The van der Waals surface area contributed by atoms with Crippen molar-refractivity contribution in [3.05, 3.63) is 94.5 Å². The van der Waals surface area contributed by atoms with Crippen molar-refractivity contribution in [2.24, 2.45) is 4.99 Å². The number of aryl methyl sites for hydroxylation is 2. The Kier molecular flexibility index (Phi) is 5.30. The molecule has 0 aromatic heterocycles. The topological polar surface area (TPSA) is 12.4 Å². The zero-order valence-electron chi connectivity index (χ0n) is 17.1. The molecular formula is C28H29N. The predicted octanol–water partition coefficient (Wildman–Crippen LogP) is 7.12. The zero-order valence-corrected chi connectivity index (χ0v) is 17.1. The summed E-state index contributed by atoms with van der Waals surface area (Å²) in [6.45, 7) is 0.826. The molecule has 5 rings (SSSR count). The van der Waals surface area contributed by atoms with E-state index in [2.05, 4.69) is 77.9 Å². The Balaban J connectivity index is 1.51. The molecule has 1 nitrogen and oxygen atoms in total. The SMILES string of the molecule is C1=NCc2cccc(-c3cc(CCc4ccccc4)cc(C4CCCCC4)c3)c21. The molecule has 1 aliphatic heterocycles. The lowest BCUT2D eigenvalue weighted by atomic mass is 9.81. The van der Waals surface area contributed by atoms with Gasteiger partial charge in [-0.15, -0.1) is 0 Å². The number of fused-ring (bicyclic) bond motifs is 1. The molecule has 29 heavy (non-hydrogen) atoms. The summed E-state index contributed by atoms with van der Waals surface area (Å²) in [4.78, 5) is 4.52. The second-order valence-corrected chi connectivity index (χ2v) is 8.63. The molecule has 0 saturated heterocycles. The van der Waals surface area contributed by atoms with E-state index in [0.717, 1.165) is 25.3 Å². The van der Waals surface area contributed by atoms with Crippen molar-refractivity contribution >= 4 is 6.21 Å². The van der Waals surface area contributed by atoms with Gasteiger partial charge in [0.05, 0.1) is 6.54 Å². The molecular weight excluding hydrogens is 350 g/mol. The van der Waals surface area contributed by atoms with Gasteiger partial charge in [0.1, 0.15) is 0 Å². The maximum absolute atomic E-state index is 4.52. The molecule has 1 saturated carbocycles. The van der Waals surface area contributed by atoms with Crippen LogP contribution in [0.15, 0.2) is 71.7 Å². The van der Waals surface area contributed by atoms with Gasteiger partial charge < -0.3 is 0 Å². The molecule has 0 bridgehead atoms. The molecule has 3 aromatic rings. The lowest BCUT2D eigenvalue weighted by Crippen LogP contribution is -2.06. The highest BCUT2D eigenvalue weighted by atomic mass is 14.7. The van der Waals surface area contributed by atoms with Gasteiger partial charge in [-0.25, -0.2) is 0 Å². The van der Waals surface area contributed by atoms with Crippen LogP contribution in [-0.2, 0) is 19.4 Å². The van der Waals surface area contributed by atoms with E-state index in [1.165, 1.54) is 65.5 Å². The third-order valence-corrected chi connectivity index (χ3v) is 6.63. The fourth-order valence-electron chi connectivity index (χ4n) is 5.01. The van der Waals surface area contributed by atoms with Crippen LogP contribution in [0.25, 0.3) is 11.1 Å². The highest BCUT2D eigenvalue weighted by molar-refractivity contribution is 5.94. The first-order valence-corrected chi connectivity index (χ1v) is 11.2. The number of benzene rings is 3. The number of rotatable bonds is 5. The first kappa shape index (κ1) is 18.4. The Hall–Kier alpha value is -2.67. The van der Waals surface area contributed by atoms with E-state index in [1.54, 1.807) is 5.56 Å². The van der Waals surface area contributed by atoms with Crippen LogP contribution >= 0.6 is 0 Å².